The summed E-state index contributed by atoms with van der Waals surface area (Å²) < 4.78 is 13.1. The molecule has 1 aromatic rings. The van der Waals surface area contributed by atoms with Crippen LogP contribution in [0.5, 0.6) is 5.75 Å². The van der Waals surface area contributed by atoms with E-state index in [9.17, 15) is 4.79 Å². The number of ether oxygens (including phenoxy) is 1. The molecule has 0 spiro atoms. The van der Waals surface area contributed by atoms with Gasteiger partial charge in [0.05, 0.1) is 12.7 Å². The van der Waals surface area contributed by atoms with Gasteiger partial charge < -0.3 is 9.84 Å². The van der Waals surface area contributed by atoms with E-state index in [1.54, 1.807) is 12.1 Å². The average Bonchev–Trinajstić information content (AvgIpc) is 2.21. The number of carboxylic acids is 1. The zero-order valence-corrected chi connectivity index (χ0v) is 8.54. The van der Waals surface area contributed by atoms with Gasteiger partial charge in [0, 0.05) is 0 Å². The first kappa shape index (κ1) is 12.0. The molecule has 5 heteroatoms. The van der Waals surface area contributed by atoms with Gasteiger partial charge in [0.2, 0.25) is 0 Å². The number of hydrogen-bond acceptors (Lipinski definition) is 3. The number of hydrogen-bond donors (Lipinski definition) is 1. The summed E-state index contributed by atoms with van der Waals surface area (Å²) in [6.45, 7) is 0. The maximum absolute atomic E-state index is 10.4. The molecule has 0 bridgehead atoms. The second kappa shape index (κ2) is 6.51. The molecule has 0 radical (unpaired) electrons. The van der Waals surface area contributed by atoms with Gasteiger partial charge in [-0.2, -0.15) is 0 Å². The molecule has 1 aromatic carbocycles. The molecule has 0 amide bonds. The van der Waals surface area contributed by atoms with E-state index in [0.29, 0.717) is 5.75 Å². The van der Waals surface area contributed by atoms with Crippen molar-refractivity contribution >= 4 is 5.97 Å². The van der Waals surface area contributed by atoms with Crippen LogP contribution < -0.4 is 4.74 Å². The molecule has 0 fully saturated rings. The number of carbonyl (C=O) groups is 1. The number of methoxy groups -OCH3 is 1. The fourth-order valence-corrected chi connectivity index (χ4v) is 0.734. The van der Waals surface area contributed by atoms with Crippen LogP contribution in [0.4, 0.5) is 0 Å². The van der Waals surface area contributed by atoms with E-state index >= 15 is 0 Å². The first-order valence-electron chi connectivity index (χ1n) is 3.32. The number of aromatic carboxylic acids is 1. The number of benzene rings is 1. The van der Waals surface area contributed by atoms with Crippen molar-refractivity contribution in [2.45, 2.75) is 0 Å². The SMILES string of the molecule is COc1ccc(C(=O)O)cc1.[O]=[Ti]. The van der Waals surface area contributed by atoms with Crippen LogP contribution in [0.3, 0.4) is 0 Å². The third-order valence-corrected chi connectivity index (χ3v) is 1.34. The van der Waals surface area contributed by atoms with E-state index in [2.05, 4.69) is 0 Å². The third kappa shape index (κ3) is 3.96. The van der Waals surface area contributed by atoms with E-state index in [-0.39, 0.29) is 5.56 Å². The molecule has 4 nitrogen and oxygen atoms in total. The first-order chi connectivity index (χ1) is 6.24. The van der Waals surface area contributed by atoms with Crippen molar-refractivity contribution in [3.8, 4) is 5.75 Å². The van der Waals surface area contributed by atoms with Crippen LogP contribution in [-0.4, -0.2) is 18.2 Å². The Balaban J connectivity index is 0.000000671. The van der Waals surface area contributed by atoms with Crippen molar-refractivity contribution in [3.05, 3.63) is 29.8 Å². The summed E-state index contributed by atoms with van der Waals surface area (Å²) in [6, 6.07) is 6.23. The molecule has 0 atom stereocenters. The van der Waals surface area contributed by atoms with E-state index in [1.165, 1.54) is 19.2 Å². The van der Waals surface area contributed by atoms with Crippen LogP contribution in [0.25, 0.3) is 0 Å². The zero-order chi connectivity index (χ0) is 10.3. The molecule has 1 N–H and O–H groups in total. The Morgan fingerprint density at radius 3 is 2.08 bits per heavy atom. The van der Waals surface area contributed by atoms with Crippen LogP contribution in [0.1, 0.15) is 10.4 Å². The molecule has 0 aromatic heterocycles. The molecule has 0 saturated carbocycles. The van der Waals surface area contributed by atoms with E-state index in [0.717, 1.165) is 20.4 Å². The fourth-order valence-electron chi connectivity index (χ4n) is 0.734. The van der Waals surface area contributed by atoms with E-state index in [1.807, 2.05) is 0 Å². The van der Waals surface area contributed by atoms with Crippen molar-refractivity contribution in [2.75, 3.05) is 7.11 Å². The number of carboxylic acid groups (broad SMARTS) is 1. The molecule has 0 aliphatic rings. The Kier molecular flexibility index (Phi) is 6.01. The summed E-state index contributed by atoms with van der Waals surface area (Å²) in [4.78, 5) is 10.4. The molecule has 0 heterocycles. The normalized spacial score (nSPS) is 8.00. The molecule has 0 aliphatic heterocycles. The van der Waals surface area contributed by atoms with E-state index < -0.39 is 5.97 Å². The summed E-state index contributed by atoms with van der Waals surface area (Å²) in [5.74, 6) is -0.261. The van der Waals surface area contributed by atoms with Gasteiger partial charge in [0.1, 0.15) is 5.75 Å². The Labute approximate surface area is 87.3 Å². The maximum atomic E-state index is 10.4. The van der Waals surface area contributed by atoms with Gasteiger partial charge in [-0.3, -0.25) is 0 Å². The minimum absolute atomic E-state index is 0.269. The van der Waals surface area contributed by atoms with Crippen LogP contribution in [0.2, 0.25) is 0 Å². The molecule has 0 saturated heterocycles. The third-order valence-electron chi connectivity index (χ3n) is 1.34. The monoisotopic (exact) mass is 216 g/mol. The van der Waals surface area contributed by atoms with Gasteiger partial charge in [-0.15, -0.1) is 0 Å². The molecular weight excluding hydrogens is 208 g/mol. The molecule has 0 aliphatic carbocycles. The van der Waals surface area contributed by atoms with Gasteiger partial charge in [0.15, 0.2) is 0 Å². The van der Waals surface area contributed by atoms with Crippen molar-refractivity contribution in [1.82, 2.24) is 0 Å². The van der Waals surface area contributed by atoms with Crippen LogP contribution >= 0.6 is 0 Å². The Hall–Kier alpha value is -0.996. The van der Waals surface area contributed by atoms with Gasteiger partial charge in [0.25, 0.3) is 0 Å². The van der Waals surface area contributed by atoms with Gasteiger partial charge in [-0.1, -0.05) is 0 Å². The Bertz CT molecular complexity index is 270. The molecule has 68 valence electrons. The average molecular weight is 216 g/mol. The molecule has 1 rings (SSSR count). The van der Waals surface area contributed by atoms with Crippen molar-refractivity contribution < 1.29 is 38.4 Å². The van der Waals surface area contributed by atoms with Crippen LogP contribution in [0, 0.1) is 0 Å². The van der Waals surface area contributed by atoms with Crippen LogP contribution in [-0.2, 0) is 23.7 Å². The van der Waals surface area contributed by atoms with Gasteiger partial charge in [-0.25, -0.2) is 4.79 Å². The first-order valence-corrected chi connectivity index (χ1v) is 3.95. The number of rotatable bonds is 2. The van der Waals surface area contributed by atoms with Crippen molar-refractivity contribution in [2.24, 2.45) is 0 Å². The topological polar surface area (TPSA) is 63.6 Å². The zero-order valence-electron chi connectivity index (χ0n) is 6.98. The predicted molar refractivity (Wildman–Crippen MR) is 40.6 cm³/mol. The minimum atomic E-state index is -0.923. The second-order valence-electron chi connectivity index (χ2n) is 2.03. The molecule has 13 heavy (non-hydrogen) atoms. The summed E-state index contributed by atoms with van der Waals surface area (Å²) in [7, 11) is 1.54. The predicted octanol–water partition coefficient (Wildman–Crippen LogP) is 1.27. The fraction of sp³-hybridized carbons (Fsp3) is 0.125. The summed E-state index contributed by atoms with van der Waals surface area (Å²) >= 11 is 0.750. The summed E-state index contributed by atoms with van der Waals surface area (Å²) in [6.07, 6.45) is 0. The second-order valence-corrected chi connectivity index (χ2v) is 2.03. The van der Waals surface area contributed by atoms with Crippen LogP contribution in [0.15, 0.2) is 24.3 Å². The summed E-state index contributed by atoms with van der Waals surface area (Å²) in [5.41, 5.74) is 0.269. The standard InChI is InChI=1S/C8H8O3.O.Ti/c1-11-7-4-2-6(3-5-7)8(9)10;;/h2-5H,1H3,(H,9,10);;. The van der Waals surface area contributed by atoms with Gasteiger partial charge in [-0.05, 0) is 24.3 Å². The van der Waals surface area contributed by atoms with Gasteiger partial charge >= 0.3 is 29.7 Å². The Morgan fingerprint density at radius 1 is 1.31 bits per heavy atom. The quantitative estimate of drug-likeness (QED) is 0.756. The van der Waals surface area contributed by atoms with Crippen molar-refractivity contribution in [3.63, 3.8) is 0 Å². The molecule has 0 unspecified atom stereocenters. The summed E-state index contributed by atoms with van der Waals surface area (Å²) in [5, 5.41) is 8.51. The van der Waals surface area contributed by atoms with Crippen molar-refractivity contribution in [1.29, 1.82) is 0 Å². The Morgan fingerprint density at radius 2 is 1.77 bits per heavy atom. The molecular formula is C8H8O4Ti. The van der Waals surface area contributed by atoms with E-state index in [4.69, 9.17) is 13.2 Å².